The van der Waals surface area contributed by atoms with Crippen LogP contribution < -0.4 is 0 Å². The lowest BCUT2D eigenvalue weighted by molar-refractivity contribution is -0.133. The molecule has 0 aliphatic rings. The zero-order valence-electron chi connectivity index (χ0n) is 21.5. The van der Waals surface area contributed by atoms with Crippen molar-refractivity contribution in [2.75, 3.05) is 14.1 Å². The predicted octanol–water partition coefficient (Wildman–Crippen LogP) is 9.31. The van der Waals surface area contributed by atoms with Crippen LogP contribution in [-0.2, 0) is 4.79 Å². The van der Waals surface area contributed by atoms with E-state index >= 15 is 0 Å². The number of hydrogen-bond donors (Lipinski definition) is 0. The Labute approximate surface area is 191 Å². The molecule has 0 radical (unpaired) electrons. The summed E-state index contributed by atoms with van der Waals surface area (Å²) in [6, 6.07) is 0. The van der Waals surface area contributed by atoms with Crippen molar-refractivity contribution in [2.24, 2.45) is 5.92 Å². The van der Waals surface area contributed by atoms with Crippen molar-refractivity contribution < 1.29 is 4.79 Å². The summed E-state index contributed by atoms with van der Waals surface area (Å²) in [5.74, 6) is 0.627. The number of rotatable bonds is 23. The van der Waals surface area contributed by atoms with Gasteiger partial charge in [-0.15, -0.1) is 0 Å². The second-order valence-electron chi connectivity index (χ2n) is 9.87. The molecule has 0 aromatic heterocycles. The van der Waals surface area contributed by atoms with E-state index in [0.717, 1.165) is 12.8 Å². The fourth-order valence-corrected chi connectivity index (χ4v) is 4.51. The molecule has 0 saturated carbocycles. The van der Waals surface area contributed by atoms with E-state index in [1.54, 1.807) is 0 Å². The summed E-state index contributed by atoms with van der Waals surface area (Å²) in [6.07, 6.45) is 29.7. The summed E-state index contributed by atoms with van der Waals surface area (Å²) < 4.78 is 0. The van der Waals surface area contributed by atoms with Crippen LogP contribution >= 0.6 is 0 Å². The third kappa shape index (κ3) is 19.4. The van der Waals surface area contributed by atoms with Crippen molar-refractivity contribution in [3.05, 3.63) is 0 Å². The molecular formula is C28H57NO. The maximum Gasteiger partial charge on any atom is 0.225 e. The molecular weight excluding hydrogens is 366 g/mol. The minimum atomic E-state index is 0.267. The average molecular weight is 424 g/mol. The highest BCUT2D eigenvalue weighted by molar-refractivity contribution is 5.78. The van der Waals surface area contributed by atoms with Crippen LogP contribution in [0.4, 0.5) is 0 Å². The van der Waals surface area contributed by atoms with Gasteiger partial charge in [-0.1, -0.05) is 142 Å². The highest BCUT2D eigenvalue weighted by Gasteiger charge is 2.19. The number of unbranched alkanes of at least 4 members (excludes halogenated alkanes) is 18. The van der Waals surface area contributed by atoms with E-state index in [-0.39, 0.29) is 5.92 Å². The fourth-order valence-electron chi connectivity index (χ4n) is 4.51. The molecule has 30 heavy (non-hydrogen) atoms. The second-order valence-corrected chi connectivity index (χ2v) is 9.87. The lowest BCUT2D eigenvalue weighted by atomic mass is 9.93. The Bertz CT molecular complexity index is 353. The van der Waals surface area contributed by atoms with Crippen molar-refractivity contribution >= 4 is 5.91 Å². The molecule has 0 aromatic rings. The predicted molar refractivity (Wildman–Crippen MR) is 135 cm³/mol. The minimum absolute atomic E-state index is 0.267. The largest absolute Gasteiger partial charge is 0.349 e. The molecule has 0 fully saturated rings. The van der Waals surface area contributed by atoms with Gasteiger partial charge in [-0.25, -0.2) is 0 Å². The van der Waals surface area contributed by atoms with Gasteiger partial charge < -0.3 is 4.90 Å². The average Bonchev–Trinajstić information content (AvgIpc) is 2.74. The molecule has 1 amide bonds. The third-order valence-electron chi connectivity index (χ3n) is 6.60. The SMILES string of the molecule is CCCCCCCCCCCCCCCCC(CCCCCCCC)C(=O)N(C)C. The Hall–Kier alpha value is -0.530. The van der Waals surface area contributed by atoms with Gasteiger partial charge in [-0.3, -0.25) is 4.79 Å². The summed E-state index contributed by atoms with van der Waals surface area (Å²) >= 11 is 0. The number of nitrogens with zero attached hydrogens (tertiary/aromatic N) is 1. The van der Waals surface area contributed by atoms with Crippen LogP contribution in [0.2, 0.25) is 0 Å². The van der Waals surface area contributed by atoms with Crippen molar-refractivity contribution in [3.63, 3.8) is 0 Å². The van der Waals surface area contributed by atoms with E-state index in [4.69, 9.17) is 0 Å². The van der Waals surface area contributed by atoms with Gasteiger partial charge in [0, 0.05) is 20.0 Å². The Kier molecular flexibility index (Phi) is 22.7. The van der Waals surface area contributed by atoms with Gasteiger partial charge in [-0.05, 0) is 12.8 Å². The molecule has 0 rings (SSSR count). The molecule has 0 spiro atoms. The Morgan fingerprint density at radius 2 is 0.767 bits per heavy atom. The first-order valence-corrected chi connectivity index (χ1v) is 13.8. The Morgan fingerprint density at radius 1 is 0.500 bits per heavy atom. The number of carbonyl (C=O) groups excluding carboxylic acids is 1. The van der Waals surface area contributed by atoms with E-state index in [9.17, 15) is 4.79 Å². The Balaban J connectivity index is 3.62. The molecule has 0 heterocycles. The van der Waals surface area contributed by atoms with Crippen LogP contribution in [0.5, 0.6) is 0 Å². The van der Waals surface area contributed by atoms with Crippen LogP contribution in [0.3, 0.4) is 0 Å². The molecule has 0 aliphatic heterocycles. The highest BCUT2D eigenvalue weighted by Crippen LogP contribution is 2.21. The molecule has 0 saturated heterocycles. The van der Waals surface area contributed by atoms with E-state index in [2.05, 4.69) is 13.8 Å². The van der Waals surface area contributed by atoms with E-state index in [1.807, 2.05) is 19.0 Å². The first-order chi connectivity index (χ1) is 14.6. The summed E-state index contributed by atoms with van der Waals surface area (Å²) in [5, 5.41) is 0. The summed E-state index contributed by atoms with van der Waals surface area (Å²) in [5.41, 5.74) is 0. The zero-order chi connectivity index (χ0) is 22.3. The van der Waals surface area contributed by atoms with Crippen molar-refractivity contribution in [1.29, 1.82) is 0 Å². The van der Waals surface area contributed by atoms with Crippen LogP contribution in [0, 0.1) is 5.92 Å². The smallest absolute Gasteiger partial charge is 0.225 e. The second kappa shape index (κ2) is 23.1. The summed E-state index contributed by atoms with van der Waals surface area (Å²) in [6.45, 7) is 4.56. The molecule has 0 aliphatic carbocycles. The number of carbonyl (C=O) groups is 1. The molecule has 0 bridgehead atoms. The zero-order valence-corrected chi connectivity index (χ0v) is 21.5. The van der Waals surface area contributed by atoms with Gasteiger partial charge >= 0.3 is 0 Å². The van der Waals surface area contributed by atoms with Crippen LogP contribution in [-0.4, -0.2) is 24.9 Å². The van der Waals surface area contributed by atoms with E-state index in [1.165, 1.54) is 128 Å². The van der Waals surface area contributed by atoms with Crippen molar-refractivity contribution in [3.8, 4) is 0 Å². The lowest BCUT2D eigenvalue weighted by Gasteiger charge is -2.20. The summed E-state index contributed by atoms with van der Waals surface area (Å²) in [7, 11) is 3.84. The van der Waals surface area contributed by atoms with Gasteiger partial charge in [0.1, 0.15) is 0 Å². The van der Waals surface area contributed by atoms with Gasteiger partial charge in [0.05, 0.1) is 0 Å². The first-order valence-electron chi connectivity index (χ1n) is 13.8. The maximum atomic E-state index is 12.5. The number of hydrogen-bond acceptors (Lipinski definition) is 1. The van der Waals surface area contributed by atoms with Crippen LogP contribution in [0.15, 0.2) is 0 Å². The highest BCUT2D eigenvalue weighted by atomic mass is 16.2. The standard InChI is InChI=1S/C28H57NO/c1-5-7-9-11-13-14-15-16-17-18-19-20-22-24-26-27(28(30)29(3)4)25-23-21-12-10-8-6-2/h27H,5-26H2,1-4H3. The van der Waals surface area contributed by atoms with Crippen LogP contribution in [0.1, 0.15) is 155 Å². The lowest BCUT2D eigenvalue weighted by Crippen LogP contribution is -2.29. The van der Waals surface area contributed by atoms with Gasteiger partial charge in [0.2, 0.25) is 5.91 Å². The van der Waals surface area contributed by atoms with Crippen molar-refractivity contribution in [1.82, 2.24) is 4.90 Å². The topological polar surface area (TPSA) is 20.3 Å². The van der Waals surface area contributed by atoms with Crippen molar-refractivity contribution in [2.45, 2.75) is 155 Å². The summed E-state index contributed by atoms with van der Waals surface area (Å²) in [4.78, 5) is 14.3. The molecule has 0 aromatic carbocycles. The molecule has 2 heteroatoms. The Morgan fingerprint density at radius 3 is 1.03 bits per heavy atom. The van der Waals surface area contributed by atoms with E-state index in [0.29, 0.717) is 5.91 Å². The minimum Gasteiger partial charge on any atom is -0.349 e. The molecule has 1 unspecified atom stereocenters. The van der Waals surface area contributed by atoms with Crippen LogP contribution in [0.25, 0.3) is 0 Å². The molecule has 1 atom stereocenters. The molecule has 180 valence electrons. The van der Waals surface area contributed by atoms with Gasteiger partial charge in [0.15, 0.2) is 0 Å². The van der Waals surface area contributed by atoms with Gasteiger partial charge in [-0.2, -0.15) is 0 Å². The normalized spacial score (nSPS) is 12.3. The maximum absolute atomic E-state index is 12.5. The molecule has 2 nitrogen and oxygen atoms in total. The molecule has 0 N–H and O–H groups in total. The van der Waals surface area contributed by atoms with E-state index < -0.39 is 0 Å². The first kappa shape index (κ1) is 29.5. The van der Waals surface area contributed by atoms with Gasteiger partial charge in [0.25, 0.3) is 0 Å². The monoisotopic (exact) mass is 423 g/mol. The number of amides is 1. The quantitative estimate of drug-likeness (QED) is 0.150. The fraction of sp³-hybridized carbons (Fsp3) is 0.964. The third-order valence-corrected chi connectivity index (χ3v) is 6.60.